The summed E-state index contributed by atoms with van der Waals surface area (Å²) in [6.07, 6.45) is 2.92. The van der Waals surface area contributed by atoms with Crippen LogP contribution in [-0.4, -0.2) is 10.1 Å². The number of hydrogen-bond donors (Lipinski definition) is 1. The Balaban J connectivity index is 2.15. The number of rotatable bonds is 2. The van der Waals surface area contributed by atoms with Crippen LogP contribution in [0.3, 0.4) is 0 Å². The summed E-state index contributed by atoms with van der Waals surface area (Å²) >= 11 is 3.48. The highest BCUT2D eigenvalue weighted by molar-refractivity contribution is 9.10. The summed E-state index contributed by atoms with van der Waals surface area (Å²) in [6, 6.07) is 13.9. The fraction of sp³-hybridized carbons (Fsp3) is 0.118. The monoisotopic (exact) mass is 327 g/mol. The normalized spacial score (nSPS) is 12.6. The zero-order chi connectivity index (χ0) is 14.1. The molecule has 100 valence electrons. The van der Waals surface area contributed by atoms with Gasteiger partial charge in [0.1, 0.15) is 6.10 Å². The van der Waals surface area contributed by atoms with E-state index in [0.29, 0.717) is 0 Å². The molecule has 0 aliphatic rings. The summed E-state index contributed by atoms with van der Waals surface area (Å²) in [6.45, 7) is 2.02. The lowest BCUT2D eigenvalue weighted by Crippen LogP contribution is -2.01. The molecule has 0 aliphatic carbocycles. The minimum Gasteiger partial charge on any atom is -0.384 e. The maximum atomic E-state index is 10.7. The molecule has 1 unspecified atom stereocenters. The predicted molar refractivity (Wildman–Crippen MR) is 84.7 cm³/mol. The van der Waals surface area contributed by atoms with Crippen LogP contribution in [0.2, 0.25) is 0 Å². The van der Waals surface area contributed by atoms with Crippen LogP contribution in [-0.2, 0) is 0 Å². The average molecular weight is 328 g/mol. The molecule has 2 nitrogen and oxygen atoms in total. The second-order valence-corrected chi connectivity index (χ2v) is 5.82. The van der Waals surface area contributed by atoms with Gasteiger partial charge in [0.25, 0.3) is 0 Å². The second kappa shape index (κ2) is 5.35. The van der Waals surface area contributed by atoms with Gasteiger partial charge < -0.3 is 5.11 Å². The second-order valence-electron chi connectivity index (χ2n) is 4.91. The van der Waals surface area contributed by atoms with Gasteiger partial charge in [-0.1, -0.05) is 40.2 Å². The smallest absolute Gasteiger partial charge is 0.105 e. The molecule has 0 bridgehead atoms. The van der Waals surface area contributed by atoms with Gasteiger partial charge in [0.2, 0.25) is 0 Å². The van der Waals surface area contributed by atoms with Crippen molar-refractivity contribution in [2.75, 3.05) is 0 Å². The number of nitrogens with zero attached hydrogens (tertiary/aromatic N) is 1. The van der Waals surface area contributed by atoms with E-state index in [-0.39, 0.29) is 0 Å². The van der Waals surface area contributed by atoms with Crippen molar-refractivity contribution in [3.05, 3.63) is 76.0 Å². The molecule has 20 heavy (non-hydrogen) atoms. The van der Waals surface area contributed by atoms with E-state index in [1.165, 1.54) is 0 Å². The van der Waals surface area contributed by atoms with Crippen LogP contribution >= 0.6 is 15.9 Å². The summed E-state index contributed by atoms with van der Waals surface area (Å²) in [5.41, 5.74) is 2.88. The van der Waals surface area contributed by atoms with E-state index in [9.17, 15) is 5.11 Å². The maximum absolute atomic E-state index is 10.7. The average Bonchev–Trinajstić information content (AvgIpc) is 2.45. The van der Waals surface area contributed by atoms with Crippen molar-refractivity contribution in [2.45, 2.75) is 13.0 Å². The molecule has 3 heteroatoms. The lowest BCUT2D eigenvalue weighted by atomic mass is 9.96. The molecular weight excluding hydrogens is 314 g/mol. The van der Waals surface area contributed by atoms with E-state index in [1.807, 2.05) is 49.4 Å². The van der Waals surface area contributed by atoms with Gasteiger partial charge in [-0.25, -0.2) is 0 Å². The third-order valence-corrected chi connectivity index (χ3v) is 3.85. The molecule has 0 aliphatic heterocycles. The first kappa shape index (κ1) is 13.3. The van der Waals surface area contributed by atoms with Gasteiger partial charge in [-0.15, -0.1) is 0 Å². The van der Waals surface area contributed by atoms with E-state index < -0.39 is 6.10 Å². The van der Waals surface area contributed by atoms with Crippen molar-refractivity contribution < 1.29 is 5.11 Å². The molecule has 2 aromatic carbocycles. The van der Waals surface area contributed by atoms with Crippen LogP contribution in [0.5, 0.6) is 0 Å². The van der Waals surface area contributed by atoms with Crippen molar-refractivity contribution in [3.8, 4) is 0 Å². The van der Waals surface area contributed by atoms with Crippen LogP contribution in [0.15, 0.2) is 59.3 Å². The Labute approximate surface area is 126 Å². The predicted octanol–water partition coefficient (Wildman–Crippen LogP) is 4.39. The van der Waals surface area contributed by atoms with Crippen molar-refractivity contribution in [1.82, 2.24) is 4.98 Å². The van der Waals surface area contributed by atoms with Crippen LogP contribution in [0, 0.1) is 6.92 Å². The van der Waals surface area contributed by atoms with E-state index in [1.54, 1.807) is 12.4 Å². The number of benzene rings is 2. The Bertz CT molecular complexity index is 744. The molecule has 0 radical (unpaired) electrons. The molecule has 1 N–H and O–H groups in total. The molecule has 0 fully saturated rings. The van der Waals surface area contributed by atoms with Gasteiger partial charge in [-0.05, 0) is 47.2 Å². The quantitative estimate of drug-likeness (QED) is 0.757. The van der Waals surface area contributed by atoms with Crippen molar-refractivity contribution in [2.24, 2.45) is 0 Å². The molecule has 3 rings (SSSR count). The molecule has 0 amide bonds. The summed E-state index contributed by atoms with van der Waals surface area (Å²) < 4.78 is 0.977. The van der Waals surface area contributed by atoms with E-state index in [2.05, 4.69) is 20.9 Å². The largest absolute Gasteiger partial charge is 0.384 e. The van der Waals surface area contributed by atoms with Gasteiger partial charge in [0.15, 0.2) is 0 Å². The zero-order valence-corrected chi connectivity index (χ0v) is 12.6. The summed E-state index contributed by atoms with van der Waals surface area (Å²) in [5.74, 6) is 0. The number of halogens is 1. The van der Waals surface area contributed by atoms with E-state index >= 15 is 0 Å². The third-order valence-electron chi connectivity index (χ3n) is 3.39. The number of hydrogen-bond acceptors (Lipinski definition) is 2. The highest BCUT2D eigenvalue weighted by Crippen LogP contribution is 2.30. The van der Waals surface area contributed by atoms with Crippen LogP contribution in [0.25, 0.3) is 10.8 Å². The Morgan fingerprint density at radius 1 is 1.15 bits per heavy atom. The number of aryl methyl sites for hydroxylation is 1. The summed E-state index contributed by atoms with van der Waals surface area (Å²) in [5, 5.41) is 12.8. The lowest BCUT2D eigenvalue weighted by molar-refractivity contribution is 0.221. The van der Waals surface area contributed by atoms with Crippen LogP contribution < -0.4 is 0 Å². The standard InChI is InChI=1S/C17H14BrNO/c1-11-7-13(9-14(18)8-11)17(20)15-4-2-3-12-5-6-19-10-16(12)15/h2-10,17,20H,1H3. The molecule has 1 atom stereocenters. The molecule has 3 aromatic rings. The third kappa shape index (κ3) is 2.47. The first-order chi connectivity index (χ1) is 9.65. The zero-order valence-electron chi connectivity index (χ0n) is 11.0. The van der Waals surface area contributed by atoms with Crippen LogP contribution in [0.1, 0.15) is 22.8 Å². The molecule has 1 heterocycles. The number of aliphatic hydroxyl groups excluding tert-OH is 1. The highest BCUT2D eigenvalue weighted by atomic mass is 79.9. The Morgan fingerprint density at radius 2 is 2.00 bits per heavy atom. The van der Waals surface area contributed by atoms with Gasteiger partial charge in [0, 0.05) is 22.3 Å². The maximum Gasteiger partial charge on any atom is 0.105 e. The van der Waals surface area contributed by atoms with Gasteiger partial charge in [-0.2, -0.15) is 0 Å². The minimum absolute atomic E-state index is 0.654. The van der Waals surface area contributed by atoms with Crippen molar-refractivity contribution in [1.29, 1.82) is 0 Å². The Morgan fingerprint density at radius 3 is 2.80 bits per heavy atom. The topological polar surface area (TPSA) is 33.1 Å². The first-order valence-corrected chi connectivity index (χ1v) is 7.22. The fourth-order valence-corrected chi connectivity index (χ4v) is 3.10. The number of aromatic nitrogens is 1. The van der Waals surface area contributed by atoms with Crippen molar-refractivity contribution in [3.63, 3.8) is 0 Å². The number of pyridine rings is 1. The van der Waals surface area contributed by atoms with Gasteiger partial charge in [0.05, 0.1) is 0 Å². The molecule has 0 saturated carbocycles. The van der Waals surface area contributed by atoms with E-state index in [4.69, 9.17) is 0 Å². The van der Waals surface area contributed by atoms with E-state index in [0.717, 1.165) is 31.9 Å². The van der Waals surface area contributed by atoms with Gasteiger partial charge >= 0.3 is 0 Å². The Hall–Kier alpha value is -1.71. The van der Waals surface area contributed by atoms with Crippen molar-refractivity contribution >= 4 is 26.7 Å². The molecule has 1 aromatic heterocycles. The minimum atomic E-state index is -0.654. The SMILES string of the molecule is Cc1cc(Br)cc(C(O)c2cccc3ccncc23)c1. The lowest BCUT2D eigenvalue weighted by Gasteiger charge is -2.15. The highest BCUT2D eigenvalue weighted by Gasteiger charge is 2.14. The first-order valence-electron chi connectivity index (χ1n) is 6.43. The Kier molecular flexibility index (Phi) is 3.55. The summed E-state index contributed by atoms with van der Waals surface area (Å²) in [7, 11) is 0. The fourth-order valence-electron chi connectivity index (χ4n) is 2.48. The van der Waals surface area contributed by atoms with Gasteiger partial charge in [-0.3, -0.25) is 4.98 Å². The number of aliphatic hydroxyl groups is 1. The molecule has 0 saturated heterocycles. The number of fused-ring (bicyclic) bond motifs is 1. The molecule has 0 spiro atoms. The van der Waals surface area contributed by atoms with Crippen LogP contribution in [0.4, 0.5) is 0 Å². The summed E-state index contributed by atoms with van der Waals surface area (Å²) in [4.78, 5) is 4.16. The molecular formula is C17H14BrNO.